The second-order valence-corrected chi connectivity index (χ2v) is 6.27. The monoisotopic (exact) mass is 356 g/mol. The SMILES string of the molecule is COc1ccc(C(=O)CSc2n[nH]c3nc4ccccc4n23)cc1F. The van der Waals surface area contributed by atoms with Crippen molar-refractivity contribution in [3.05, 3.63) is 53.8 Å². The first-order chi connectivity index (χ1) is 12.2. The summed E-state index contributed by atoms with van der Waals surface area (Å²) in [7, 11) is 1.38. The maximum Gasteiger partial charge on any atom is 0.231 e. The lowest BCUT2D eigenvalue weighted by Crippen LogP contribution is -2.04. The Hall–Kier alpha value is -2.87. The third-order valence-corrected chi connectivity index (χ3v) is 4.75. The average Bonchev–Trinajstić information content (AvgIpc) is 3.18. The summed E-state index contributed by atoms with van der Waals surface area (Å²) in [5.74, 6) is 0.126. The molecule has 6 nitrogen and oxygen atoms in total. The summed E-state index contributed by atoms with van der Waals surface area (Å²) in [6.07, 6.45) is 0. The molecule has 2 heterocycles. The van der Waals surface area contributed by atoms with Crippen LogP contribution in [0.1, 0.15) is 10.4 Å². The molecular formula is C17H13FN4O2S. The van der Waals surface area contributed by atoms with E-state index < -0.39 is 5.82 Å². The summed E-state index contributed by atoms with van der Waals surface area (Å²) in [6.45, 7) is 0. The third-order valence-electron chi connectivity index (χ3n) is 3.81. The van der Waals surface area contributed by atoms with E-state index in [4.69, 9.17) is 4.74 Å². The number of methoxy groups -OCH3 is 1. The van der Waals surface area contributed by atoms with E-state index in [2.05, 4.69) is 15.2 Å². The lowest BCUT2D eigenvalue weighted by molar-refractivity contribution is 0.102. The van der Waals surface area contributed by atoms with Crippen molar-refractivity contribution < 1.29 is 13.9 Å². The van der Waals surface area contributed by atoms with Crippen molar-refractivity contribution in [2.75, 3.05) is 12.9 Å². The average molecular weight is 356 g/mol. The van der Waals surface area contributed by atoms with Crippen LogP contribution in [0.25, 0.3) is 16.8 Å². The number of imidazole rings is 1. The lowest BCUT2D eigenvalue weighted by Gasteiger charge is -2.04. The van der Waals surface area contributed by atoms with Gasteiger partial charge >= 0.3 is 0 Å². The van der Waals surface area contributed by atoms with Crippen molar-refractivity contribution in [3.8, 4) is 5.75 Å². The van der Waals surface area contributed by atoms with Gasteiger partial charge in [-0.25, -0.2) is 14.5 Å². The molecule has 0 aliphatic heterocycles. The molecule has 4 aromatic rings. The maximum atomic E-state index is 13.8. The predicted octanol–water partition coefficient (Wildman–Crippen LogP) is 3.33. The van der Waals surface area contributed by atoms with Crippen LogP contribution in [0.5, 0.6) is 5.75 Å². The predicted molar refractivity (Wildman–Crippen MR) is 92.9 cm³/mol. The van der Waals surface area contributed by atoms with Gasteiger partial charge in [0.05, 0.1) is 23.9 Å². The molecule has 126 valence electrons. The van der Waals surface area contributed by atoms with E-state index in [1.807, 2.05) is 28.7 Å². The molecule has 8 heteroatoms. The second kappa shape index (κ2) is 6.21. The number of thioether (sulfide) groups is 1. The molecule has 0 unspecified atom stereocenters. The summed E-state index contributed by atoms with van der Waals surface area (Å²) < 4.78 is 20.5. The lowest BCUT2D eigenvalue weighted by atomic mass is 10.1. The van der Waals surface area contributed by atoms with Crippen LogP contribution < -0.4 is 4.74 Å². The standard InChI is InChI=1S/C17H13FN4O2S/c1-24-15-7-6-10(8-11(15)18)14(23)9-25-17-21-20-16-19-12-4-2-3-5-13(12)22(16)17/h2-8H,9H2,1H3,(H,19,20). The van der Waals surface area contributed by atoms with E-state index in [1.165, 1.54) is 31.0 Å². The number of fused-ring (bicyclic) bond motifs is 3. The zero-order chi connectivity index (χ0) is 17.4. The third kappa shape index (κ3) is 2.74. The first-order valence-corrected chi connectivity index (χ1v) is 8.47. The van der Waals surface area contributed by atoms with Gasteiger partial charge in [-0.1, -0.05) is 23.9 Å². The Morgan fingerprint density at radius 2 is 2.16 bits per heavy atom. The summed E-state index contributed by atoms with van der Waals surface area (Å²) >= 11 is 1.27. The fraction of sp³-hybridized carbons (Fsp3) is 0.118. The number of halogens is 1. The normalized spacial score (nSPS) is 11.3. The minimum atomic E-state index is -0.555. The molecule has 0 saturated carbocycles. The van der Waals surface area contributed by atoms with Gasteiger partial charge < -0.3 is 4.74 Å². The molecule has 0 fully saturated rings. The van der Waals surface area contributed by atoms with Gasteiger partial charge in [0.25, 0.3) is 0 Å². The second-order valence-electron chi connectivity index (χ2n) is 5.33. The van der Waals surface area contributed by atoms with Gasteiger partial charge in [-0.05, 0) is 30.3 Å². The van der Waals surface area contributed by atoms with Gasteiger partial charge in [-0.3, -0.25) is 9.20 Å². The summed E-state index contributed by atoms with van der Waals surface area (Å²) in [5, 5.41) is 7.70. The Balaban J connectivity index is 1.58. The number of aromatic amines is 1. The first kappa shape index (κ1) is 15.6. The van der Waals surface area contributed by atoms with Crippen molar-refractivity contribution in [3.63, 3.8) is 0 Å². The number of nitrogens with zero attached hydrogens (tertiary/aromatic N) is 3. The number of hydrogen-bond acceptors (Lipinski definition) is 5. The highest BCUT2D eigenvalue weighted by Crippen LogP contribution is 2.24. The highest BCUT2D eigenvalue weighted by molar-refractivity contribution is 7.99. The van der Waals surface area contributed by atoms with Crippen molar-refractivity contribution in [1.29, 1.82) is 0 Å². The fourth-order valence-corrected chi connectivity index (χ4v) is 3.44. The van der Waals surface area contributed by atoms with E-state index in [9.17, 15) is 9.18 Å². The van der Waals surface area contributed by atoms with Gasteiger partial charge in [-0.15, -0.1) is 5.10 Å². The molecule has 2 aromatic heterocycles. The number of ether oxygens (including phenoxy) is 1. The largest absolute Gasteiger partial charge is 0.494 e. The van der Waals surface area contributed by atoms with E-state index in [1.54, 1.807) is 6.07 Å². The van der Waals surface area contributed by atoms with Crippen LogP contribution in [0.15, 0.2) is 47.6 Å². The van der Waals surface area contributed by atoms with E-state index in [0.29, 0.717) is 16.5 Å². The molecule has 1 N–H and O–H groups in total. The zero-order valence-electron chi connectivity index (χ0n) is 13.2. The number of rotatable bonds is 5. The number of aromatic nitrogens is 4. The maximum absolute atomic E-state index is 13.8. The van der Waals surface area contributed by atoms with Gasteiger partial charge in [0.1, 0.15) is 0 Å². The van der Waals surface area contributed by atoms with Crippen LogP contribution in [-0.2, 0) is 0 Å². The molecule has 2 aromatic carbocycles. The summed E-state index contributed by atoms with van der Waals surface area (Å²) in [4.78, 5) is 16.8. The number of carbonyl (C=O) groups excluding carboxylic acids is 1. The topological polar surface area (TPSA) is 72.3 Å². The number of nitrogens with one attached hydrogen (secondary N) is 1. The van der Waals surface area contributed by atoms with Crippen molar-refractivity contribution in [1.82, 2.24) is 19.6 Å². The Morgan fingerprint density at radius 3 is 2.96 bits per heavy atom. The Morgan fingerprint density at radius 1 is 1.32 bits per heavy atom. The molecule has 0 aliphatic rings. The van der Waals surface area contributed by atoms with Crippen LogP contribution in [0, 0.1) is 5.82 Å². The number of H-pyrrole nitrogens is 1. The smallest absolute Gasteiger partial charge is 0.231 e. The molecule has 0 spiro atoms. The van der Waals surface area contributed by atoms with Crippen LogP contribution in [0.2, 0.25) is 0 Å². The van der Waals surface area contributed by atoms with E-state index >= 15 is 0 Å². The van der Waals surface area contributed by atoms with Gasteiger partial charge in [-0.2, -0.15) is 0 Å². The molecule has 0 atom stereocenters. The fourth-order valence-electron chi connectivity index (χ4n) is 2.59. The molecular weight excluding hydrogens is 343 g/mol. The molecule has 25 heavy (non-hydrogen) atoms. The molecule has 0 saturated heterocycles. The zero-order valence-corrected chi connectivity index (χ0v) is 14.0. The molecule has 0 radical (unpaired) electrons. The molecule has 0 amide bonds. The highest BCUT2D eigenvalue weighted by Gasteiger charge is 2.15. The molecule has 0 bridgehead atoms. The minimum absolute atomic E-state index is 0.114. The summed E-state index contributed by atoms with van der Waals surface area (Å²) in [5.41, 5.74) is 2.06. The van der Waals surface area contributed by atoms with Crippen LogP contribution in [-0.4, -0.2) is 38.2 Å². The number of ketones is 1. The first-order valence-electron chi connectivity index (χ1n) is 7.48. The van der Waals surface area contributed by atoms with Crippen molar-refractivity contribution in [2.24, 2.45) is 0 Å². The Bertz CT molecular complexity index is 1090. The minimum Gasteiger partial charge on any atom is -0.494 e. The van der Waals surface area contributed by atoms with Gasteiger partial charge in [0, 0.05) is 5.56 Å². The number of para-hydroxylation sites is 2. The molecule has 4 rings (SSSR count). The van der Waals surface area contributed by atoms with Crippen LogP contribution in [0.4, 0.5) is 4.39 Å². The number of hydrogen-bond donors (Lipinski definition) is 1. The van der Waals surface area contributed by atoms with Crippen LogP contribution in [0.3, 0.4) is 0 Å². The van der Waals surface area contributed by atoms with E-state index in [-0.39, 0.29) is 17.3 Å². The van der Waals surface area contributed by atoms with Crippen molar-refractivity contribution in [2.45, 2.75) is 5.16 Å². The number of Topliss-reactive ketones (excluding diaryl/α,β-unsaturated/α-hetero) is 1. The molecule has 0 aliphatic carbocycles. The van der Waals surface area contributed by atoms with Crippen molar-refractivity contribution >= 4 is 34.4 Å². The summed E-state index contributed by atoms with van der Waals surface area (Å²) in [6, 6.07) is 11.9. The number of carbonyl (C=O) groups is 1. The van der Waals surface area contributed by atoms with E-state index in [0.717, 1.165) is 11.0 Å². The quantitative estimate of drug-likeness (QED) is 0.439. The Kier molecular flexibility index (Phi) is 3.89. The van der Waals surface area contributed by atoms with Gasteiger partial charge in [0.15, 0.2) is 22.5 Å². The number of benzene rings is 2. The van der Waals surface area contributed by atoms with Crippen LogP contribution >= 0.6 is 11.8 Å². The highest BCUT2D eigenvalue weighted by atomic mass is 32.2. The van der Waals surface area contributed by atoms with Gasteiger partial charge in [0.2, 0.25) is 5.78 Å². The Labute approximate surface area is 146 Å².